The summed E-state index contributed by atoms with van der Waals surface area (Å²) in [6.45, 7) is 5.64. The molecule has 0 bridgehead atoms. The second-order valence-corrected chi connectivity index (χ2v) is 3.85. The fraction of sp³-hybridized carbons (Fsp3) is 0.556. The summed E-state index contributed by atoms with van der Waals surface area (Å²) >= 11 is 5.52. The van der Waals surface area contributed by atoms with E-state index in [2.05, 4.69) is 9.97 Å². The Bertz CT molecular complexity index is 331. The van der Waals surface area contributed by atoms with Gasteiger partial charge in [0.1, 0.15) is 5.60 Å². The number of rotatable bonds is 3. The molecule has 0 unspecified atom stereocenters. The van der Waals surface area contributed by atoms with Gasteiger partial charge in [-0.25, -0.2) is 4.98 Å². The highest BCUT2D eigenvalue weighted by molar-refractivity contribution is 6.28. The van der Waals surface area contributed by atoms with Crippen molar-refractivity contribution in [2.75, 3.05) is 0 Å². The molecule has 0 spiro atoms. The Hall–Kier alpha value is -0.900. The molecule has 0 aliphatic heterocycles. The summed E-state index contributed by atoms with van der Waals surface area (Å²) in [5.74, 6) is -0.701. The normalized spacial score (nSPS) is 11.5. The van der Waals surface area contributed by atoms with Crippen LogP contribution in [0.4, 0.5) is 4.39 Å². The predicted molar refractivity (Wildman–Crippen MR) is 52.0 cm³/mol. The third kappa shape index (κ3) is 2.80. The van der Waals surface area contributed by atoms with Crippen molar-refractivity contribution in [2.45, 2.75) is 32.8 Å². The van der Waals surface area contributed by atoms with Crippen LogP contribution in [0.25, 0.3) is 0 Å². The molecule has 0 aliphatic rings. The van der Waals surface area contributed by atoms with Gasteiger partial charge in [-0.15, -0.1) is 0 Å². The second-order valence-electron chi connectivity index (χ2n) is 3.51. The molecule has 14 heavy (non-hydrogen) atoms. The second kappa shape index (κ2) is 4.09. The molecule has 3 nitrogen and oxygen atoms in total. The van der Waals surface area contributed by atoms with E-state index in [4.69, 9.17) is 16.3 Å². The quantitative estimate of drug-likeness (QED) is 0.732. The minimum Gasteiger partial charge on any atom is -0.469 e. The van der Waals surface area contributed by atoms with Crippen LogP contribution in [0.3, 0.4) is 0 Å². The van der Waals surface area contributed by atoms with Crippen molar-refractivity contribution >= 4 is 11.6 Å². The van der Waals surface area contributed by atoms with Gasteiger partial charge in [0.05, 0.1) is 6.20 Å². The number of aromatic nitrogens is 2. The Morgan fingerprint density at radius 1 is 1.57 bits per heavy atom. The Labute approximate surface area is 87.3 Å². The molecular weight excluding hydrogens is 207 g/mol. The van der Waals surface area contributed by atoms with E-state index in [0.717, 1.165) is 12.6 Å². The number of hydrogen-bond donors (Lipinski definition) is 0. The van der Waals surface area contributed by atoms with Crippen molar-refractivity contribution in [3.8, 4) is 5.88 Å². The minimum atomic E-state index is -0.601. The molecule has 0 saturated carbocycles. The number of hydrogen-bond acceptors (Lipinski definition) is 3. The maximum absolute atomic E-state index is 13.1. The van der Waals surface area contributed by atoms with Crippen LogP contribution < -0.4 is 4.74 Å². The number of ether oxygens (including phenoxy) is 1. The van der Waals surface area contributed by atoms with Crippen LogP contribution in [0.2, 0.25) is 5.28 Å². The molecule has 1 aromatic rings. The van der Waals surface area contributed by atoms with Crippen molar-refractivity contribution in [2.24, 2.45) is 0 Å². The van der Waals surface area contributed by atoms with Crippen LogP contribution in [-0.4, -0.2) is 15.6 Å². The molecule has 0 fully saturated rings. The van der Waals surface area contributed by atoms with E-state index >= 15 is 0 Å². The van der Waals surface area contributed by atoms with Crippen LogP contribution in [0.15, 0.2) is 6.20 Å². The molecule has 0 aliphatic carbocycles. The average molecular weight is 219 g/mol. The Kier molecular flexibility index (Phi) is 3.26. The molecule has 0 saturated heterocycles. The van der Waals surface area contributed by atoms with Crippen LogP contribution in [0.5, 0.6) is 5.88 Å². The summed E-state index contributed by atoms with van der Waals surface area (Å²) in [4.78, 5) is 7.16. The molecule has 0 aromatic carbocycles. The van der Waals surface area contributed by atoms with Gasteiger partial charge in [-0.1, -0.05) is 6.92 Å². The monoisotopic (exact) mass is 218 g/mol. The first-order chi connectivity index (χ1) is 6.44. The van der Waals surface area contributed by atoms with Gasteiger partial charge >= 0.3 is 0 Å². The number of halogens is 2. The summed E-state index contributed by atoms with van der Waals surface area (Å²) in [6.07, 6.45) is 1.74. The van der Waals surface area contributed by atoms with Gasteiger partial charge in [0.25, 0.3) is 5.88 Å². The molecule has 5 heteroatoms. The van der Waals surface area contributed by atoms with E-state index in [9.17, 15) is 4.39 Å². The van der Waals surface area contributed by atoms with Crippen LogP contribution >= 0.6 is 11.6 Å². The zero-order chi connectivity index (χ0) is 10.8. The Morgan fingerprint density at radius 3 is 2.79 bits per heavy atom. The Balaban J connectivity index is 2.91. The fourth-order valence-electron chi connectivity index (χ4n) is 0.737. The van der Waals surface area contributed by atoms with E-state index in [-0.39, 0.29) is 11.2 Å². The van der Waals surface area contributed by atoms with Crippen LogP contribution in [0, 0.1) is 5.82 Å². The van der Waals surface area contributed by atoms with Gasteiger partial charge < -0.3 is 4.74 Å². The first-order valence-electron chi connectivity index (χ1n) is 4.31. The lowest BCUT2D eigenvalue weighted by atomic mass is 10.1. The zero-order valence-corrected chi connectivity index (χ0v) is 9.10. The predicted octanol–water partition coefficient (Wildman–Crippen LogP) is 2.84. The molecule has 0 radical (unpaired) electrons. The molecule has 0 amide bonds. The third-order valence-electron chi connectivity index (χ3n) is 1.91. The summed E-state index contributed by atoms with van der Waals surface area (Å²) < 4.78 is 18.5. The van der Waals surface area contributed by atoms with Crippen molar-refractivity contribution in [3.05, 3.63) is 17.3 Å². The smallest absolute Gasteiger partial charge is 0.255 e. The van der Waals surface area contributed by atoms with Gasteiger partial charge in [0.15, 0.2) is 0 Å². The molecule has 0 atom stereocenters. The first kappa shape index (κ1) is 11.2. The SMILES string of the molecule is CCC(C)(C)Oc1nc(Cl)ncc1F. The maximum Gasteiger partial charge on any atom is 0.255 e. The van der Waals surface area contributed by atoms with Gasteiger partial charge in [0.2, 0.25) is 11.1 Å². The summed E-state index contributed by atoms with van der Waals surface area (Å²) in [6, 6.07) is 0. The molecule has 78 valence electrons. The molecule has 0 N–H and O–H groups in total. The standard InChI is InChI=1S/C9H12ClFN2O/c1-4-9(2,3)14-7-6(11)5-12-8(10)13-7/h5H,4H2,1-3H3. The largest absolute Gasteiger partial charge is 0.469 e. The number of nitrogens with zero attached hydrogens (tertiary/aromatic N) is 2. The Morgan fingerprint density at radius 2 is 2.21 bits per heavy atom. The molecule has 1 rings (SSSR count). The van der Waals surface area contributed by atoms with E-state index in [1.54, 1.807) is 0 Å². The van der Waals surface area contributed by atoms with Crippen LogP contribution in [0.1, 0.15) is 27.2 Å². The zero-order valence-electron chi connectivity index (χ0n) is 8.34. The van der Waals surface area contributed by atoms with Gasteiger partial charge in [-0.05, 0) is 31.9 Å². The highest BCUT2D eigenvalue weighted by Gasteiger charge is 2.20. The topological polar surface area (TPSA) is 35.0 Å². The molecule has 1 aromatic heterocycles. The van der Waals surface area contributed by atoms with Crippen molar-refractivity contribution < 1.29 is 9.13 Å². The van der Waals surface area contributed by atoms with Crippen molar-refractivity contribution in [1.82, 2.24) is 9.97 Å². The van der Waals surface area contributed by atoms with E-state index in [0.29, 0.717) is 0 Å². The lowest BCUT2D eigenvalue weighted by Crippen LogP contribution is -2.27. The van der Waals surface area contributed by atoms with Crippen molar-refractivity contribution in [1.29, 1.82) is 0 Å². The summed E-state index contributed by atoms with van der Waals surface area (Å²) in [5, 5.41) is -0.0201. The van der Waals surface area contributed by atoms with E-state index in [1.807, 2.05) is 20.8 Å². The summed E-state index contributed by atoms with van der Waals surface area (Å²) in [5.41, 5.74) is -0.460. The third-order valence-corrected chi connectivity index (χ3v) is 2.09. The fourth-order valence-corrected chi connectivity index (χ4v) is 0.862. The van der Waals surface area contributed by atoms with Crippen LogP contribution in [-0.2, 0) is 0 Å². The highest BCUT2D eigenvalue weighted by atomic mass is 35.5. The van der Waals surface area contributed by atoms with Crippen molar-refractivity contribution in [3.63, 3.8) is 0 Å². The lowest BCUT2D eigenvalue weighted by molar-refractivity contribution is 0.0926. The first-order valence-corrected chi connectivity index (χ1v) is 4.69. The molecular formula is C9H12ClFN2O. The minimum absolute atomic E-state index is 0.0201. The summed E-state index contributed by atoms with van der Waals surface area (Å²) in [7, 11) is 0. The van der Waals surface area contributed by atoms with Gasteiger partial charge in [0, 0.05) is 0 Å². The lowest BCUT2D eigenvalue weighted by Gasteiger charge is -2.23. The van der Waals surface area contributed by atoms with E-state index < -0.39 is 11.4 Å². The van der Waals surface area contributed by atoms with Gasteiger partial charge in [-0.2, -0.15) is 9.37 Å². The maximum atomic E-state index is 13.1. The van der Waals surface area contributed by atoms with Gasteiger partial charge in [-0.3, -0.25) is 0 Å². The molecule has 1 heterocycles. The van der Waals surface area contributed by atoms with E-state index in [1.165, 1.54) is 0 Å². The average Bonchev–Trinajstić information content (AvgIpc) is 2.11. The highest BCUT2D eigenvalue weighted by Crippen LogP contribution is 2.22.